The fourth-order valence-corrected chi connectivity index (χ4v) is 2.52. The highest BCUT2D eigenvalue weighted by Gasteiger charge is 2.12. The molecule has 3 nitrogen and oxygen atoms in total. The van der Waals surface area contributed by atoms with Crippen LogP contribution in [0, 0.1) is 0 Å². The average Bonchev–Trinajstić information content (AvgIpc) is 2.49. The molecule has 2 aromatic heterocycles. The van der Waals surface area contributed by atoms with Crippen molar-refractivity contribution in [3.63, 3.8) is 0 Å². The summed E-state index contributed by atoms with van der Waals surface area (Å²) in [7, 11) is 0. The number of aromatic nitrogens is 2. The average molecular weight is 328 g/mol. The molecule has 20 heavy (non-hydrogen) atoms. The predicted molar refractivity (Wildman–Crippen MR) is 84.3 cm³/mol. The first kappa shape index (κ1) is 13.2. The van der Waals surface area contributed by atoms with Gasteiger partial charge in [-0.3, -0.25) is 9.97 Å². The van der Waals surface area contributed by atoms with Gasteiger partial charge in [0.1, 0.15) is 0 Å². The maximum absolute atomic E-state index is 6.34. The van der Waals surface area contributed by atoms with Crippen LogP contribution >= 0.6 is 15.9 Å². The van der Waals surface area contributed by atoms with Gasteiger partial charge < -0.3 is 5.73 Å². The van der Waals surface area contributed by atoms with Gasteiger partial charge in [-0.1, -0.05) is 24.3 Å². The van der Waals surface area contributed by atoms with Gasteiger partial charge in [0.15, 0.2) is 0 Å². The third-order valence-corrected chi connectivity index (χ3v) is 3.75. The summed E-state index contributed by atoms with van der Waals surface area (Å²) in [5.74, 6) is 0. The standard InChI is InChI=1S/C16H14BrN3/c17-12-6-7-13(20-10-12)9-15(18)14-5-1-3-11-4-2-8-19-16(11)14/h1-8,10,15H,9,18H2. The molecule has 0 saturated heterocycles. The Balaban J connectivity index is 1.92. The Bertz CT molecular complexity index is 720. The molecule has 0 aliphatic rings. The molecule has 0 spiro atoms. The van der Waals surface area contributed by atoms with Gasteiger partial charge in [-0.05, 0) is 39.7 Å². The molecule has 100 valence electrons. The molecule has 1 aromatic carbocycles. The summed E-state index contributed by atoms with van der Waals surface area (Å²) in [5.41, 5.74) is 9.35. The first-order valence-corrected chi connectivity index (χ1v) is 7.23. The molecular weight excluding hydrogens is 314 g/mol. The second kappa shape index (κ2) is 5.69. The first-order valence-electron chi connectivity index (χ1n) is 6.44. The van der Waals surface area contributed by atoms with Crippen molar-refractivity contribution >= 4 is 26.8 Å². The van der Waals surface area contributed by atoms with Crippen LogP contribution in [0.25, 0.3) is 10.9 Å². The summed E-state index contributed by atoms with van der Waals surface area (Å²) >= 11 is 3.39. The van der Waals surface area contributed by atoms with Crippen LogP contribution < -0.4 is 5.73 Å². The predicted octanol–water partition coefficient (Wildman–Crippen LogP) is 3.63. The minimum absolute atomic E-state index is 0.109. The fraction of sp³-hybridized carbons (Fsp3) is 0.125. The quantitative estimate of drug-likeness (QED) is 0.799. The lowest BCUT2D eigenvalue weighted by atomic mass is 9.99. The molecule has 0 amide bonds. The number of para-hydroxylation sites is 1. The number of rotatable bonds is 3. The van der Waals surface area contributed by atoms with Gasteiger partial charge in [-0.15, -0.1) is 0 Å². The van der Waals surface area contributed by atoms with Gasteiger partial charge in [-0.2, -0.15) is 0 Å². The molecule has 0 aliphatic heterocycles. The minimum atomic E-state index is -0.109. The Kier molecular flexibility index (Phi) is 3.76. The highest BCUT2D eigenvalue weighted by atomic mass is 79.9. The SMILES string of the molecule is NC(Cc1ccc(Br)cn1)c1cccc2cccnc12. The summed E-state index contributed by atoms with van der Waals surface area (Å²) < 4.78 is 0.974. The van der Waals surface area contributed by atoms with Gasteiger partial charge in [0.05, 0.1) is 5.52 Å². The second-order valence-corrected chi connectivity index (χ2v) is 5.62. The fourth-order valence-electron chi connectivity index (χ4n) is 2.29. The maximum atomic E-state index is 6.34. The largest absolute Gasteiger partial charge is 0.324 e. The van der Waals surface area contributed by atoms with Crippen LogP contribution in [0.5, 0.6) is 0 Å². The van der Waals surface area contributed by atoms with Crippen molar-refractivity contribution < 1.29 is 0 Å². The zero-order chi connectivity index (χ0) is 13.9. The molecule has 0 aliphatic carbocycles. The Morgan fingerprint density at radius 3 is 2.70 bits per heavy atom. The van der Waals surface area contributed by atoms with Crippen LogP contribution in [-0.4, -0.2) is 9.97 Å². The van der Waals surface area contributed by atoms with Crippen LogP contribution in [-0.2, 0) is 6.42 Å². The number of nitrogens with zero attached hydrogens (tertiary/aromatic N) is 2. The summed E-state index contributed by atoms with van der Waals surface area (Å²) in [6.07, 6.45) is 4.29. The smallest absolute Gasteiger partial charge is 0.0749 e. The Hall–Kier alpha value is -1.78. The third-order valence-electron chi connectivity index (χ3n) is 3.28. The van der Waals surface area contributed by atoms with Gasteiger partial charge in [-0.25, -0.2) is 0 Å². The molecular formula is C16H14BrN3. The molecule has 1 unspecified atom stereocenters. The summed E-state index contributed by atoms with van der Waals surface area (Å²) in [5, 5.41) is 1.12. The minimum Gasteiger partial charge on any atom is -0.324 e. The van der Waals surface area contributed by atoms with E-state index in [9.17, 15) is 0 Å². The lowest BCUT2D eigenvalue weighted by molar-refractivity contribution is 0.710. The van der Waals surface area contributed by atoms with E-state index >= 15 is 0 Å². The molecule has 4 heteroatoms. The van der Waals surface area contributed by atoms with E-state index in [0.717, 1.165) is 26.6 Å². The monoisotopic (exact) mass is 327 g/mol. The van der Waals surface area contributed by atoms with Gasteiger partial charge >= 0.3 is 0 Å². The molecule has 0 saturated carbocycles. The maximum Gasteiger partial charge on any atom is 0.0749 e. The molecule has 0 fully saturated rings. The lowest BCUT2D eigenvalue weighted by Crippen LogP contribution is -2.14. The van der Waals surface area contributed by atoms with E-state index in [0.29, 0.717) is 6.42 Å². The highest BCUT2D eigenvalue weighted by Crippen LogP contribution is 2.23. The van der Waals surface area contributed by atoms with E-state index in [1.165, 1.54) is 0 Å². The van der Waals surface area contributed by atoms with E-state index < -0.39 is 0 Å². The number of hydrogen-bond acceptors (Lipinski definition) is 3. The zero-order valence-electron chi connectivity index (χ0n) is 10.8. The number of pyridine rings is 2. The topological polar surface area (TPSA) is 51.8 Å². The van der Waals surface area contributed by atoms with Crippen LogP contribution in [0.4, 0.5) is 0 Å². The highest BCUT2D eigenvalue weighted by molar-refractivity contribution is 9.10. The van der Waals surface area contributed by atoms with Crippen molar-refractivity contribution in [2.75, 3.05) is 0 Å². The molecule has 3 rings (SSSR count). The van der Waals surface area contributed by atoms with E-state index in [-0.39, 0.29) is 6.04 Å². The van der Waals surface area contributed by atoms with Crippen molar-refractivity contribution in [2.45, 2.75) is 12.5 Å². The van der Waals surface area contributed by atoms with Crippen LogP contribution in [0.1, 0.15) is 17.3 Å². The third kappa shape index (κ3) is 2.71. The molecule has 2 N–H and O–H groups in total. The van der Waals surface area contributed by atoms with Gasteiger partial charge in [0.25, 0.3) is 0 Å². The van der Waals surface area contributed by atoms with Crippen molar-refractivity contribution in [1.82, 2.24) is 9.97 Å². The van der Waals surface area contributed by atoms with Crippen LogP contribution in [0.2, 0.25) is 0 Å². The second-order valence-electron chi connectivity index (χ2n) is 4.70. The van der Waals surface area contributed by atoms with Crippen molar-refractivity contribution in [3.8, 4) is 0 Å². The normalized spacial score (nSPS) is 12.5. The molecule has 0 bridgehead atoms. The van der Waals surface area contributed by atoms with Gasteiger partial charge in [0.2, 0.25) is 0 Å². The van der Waals surface area contributed by atoms with E-state index in [1.807, 2.05) is 30.3 Å². The molecule has 2 heterocycles. The summed E-state index contributed by atoms with van der Waals surface area (Å²) in [4.78, 5) is 8.83. The van der Waals surface area contributed by atoms with Crippen LogP contribution in [0.15, 0.2) is 59.3 Å². The first-order chi connectivity index (χ1) is 9.74. The van der Waals surface area contributed by atoms with E-state index in [4.69, 9.17) is 5.73 Å². The van der Waals surface area contributed by atoms with Crippen molar-refractivity contribution in [3.05, 3.63) is 70.6 Å². The van der Waals surface area contributed by atoms with Gasteiger partial charge in [0, 0.05) is 40.4 Å². The number of fused-ring (bicyclic) bond motifs is 1. The van der Waals surface area contributed by atoms with Crippen molar-refractivity contribution in [1.29, 1.82) is 0 Å². The number of hydrogen-bond donors (Lipinski definition) is 1. The zero-order valence-corrected chi connectivity index (χ0v) is 12.4. The van der Waals surface area contributed by atoms with Crippen molar-refractivity contribution in [2.24, 2.45) is 5.73 Å². The molecule has 1 atom stereocenters. The van der Waals surface area contributed by atoms with Crippen LogP contribution in [0.3, 0.4) is 0 Å². The summed E-state index contributed by atoms with van der Waals surface area (Å²) in [6.45, 7) is 0. The molecule has 3 aromatic rings. The van der Waals surface area contributed by atoms with E-state index in [2.05, 4.69) is 38.0 Å². The Morgan fingerprint density at radius 1 is 1.05 bits per heavy atom. The summed E-state index contributed by atoms with van der Waals surface area (Å²) in [6, 6.07) is 14.0. The Morgan fingerprint density at radius 2 is 1.90 bits per heavy atom. The number of benzene rings is 1. The Labute approximate surface area is 126 Å². The lowest BCUT2D eigenvalue weighted by Gasteiger charge is -2.13. The number of nitrogens with two attached hydrogens (primary N) is 1. The molecule has 0 radical (unpaired) electrons. The number of halogens is 1. The van der Waals surface area contributed by atoms with E-state index in [1.54, 1.807) is 12.4 Å².